The average Bonchev–Trinajstić information content (AvgIpc) is 3.23. The van der Waals surface area contributed by atoms with Gasteiger partial charge in [-0.2, -0.15) is 4.98 Å². The molecule has 1 aromatic carbocycles. The van der Waals surface area contributed by atoms with Crippen molar-refractivity contribution in [1.82, 2.24) is 23.8 Å². The Morgan fingerprint density at radius 2 is 1.90 bits per heavy atom. The van der Waals surface area contributed by atoms with Crippen LogP contribution in [0.3, 0.4) is 0 Å². The van der Waals surface area contributed by atoms with Gasteiger partial charge in [0.15, 0.2) is 5.65 Å². The number of nitrogens with two attached hydrogens (primary N) is 1. The quantitative estimate of drug-likeness (QED) is 0.368. The van der Waals surface area contributed by atoms with E-state index in [2.05, 4.69) is 20.6 Å². The molecule has 4 N–H and O–H groups in total. The largest absolute Gasteiger partial charge is 0.369 e. The van der Waals surface area contributed by atoms with Crippen LogP contribution in [0.1, 0.15) is 44.6 Å². The van der Waals surface area contributed by atoms with E-state index in [0.29, 0.717) is 61.8 Å². The lowest BCUT2D eigenvalue weighted by molar-refractivity contribution is -0.122. The van der Waals surface area contributed by atoms with E-state index in [-0.39, 0.29) is 39.6 Å². The van der Waals surface area contributed by atoms with Crippen LogP contribution in [0.2, 0.25) is 10.0 Å². The van der Waals surface area contributed by atoms with E-state index in [0.717, 1.165) is 18.9 Å². The van der Waals surface area contributed by atoms with Crippen LogP contribution in [0.25, 0.3) is 11.2 Å². The second kappa shape index (κ2) is 11.0. The molecule has 1 saturated heterocycles. The van der Waals surface area contributed by atoms with Crippen molar-refractivity contribution in [2.75, 3.05) is 30.0 Å². The molecule has 1 aliphatic carbocycles. The number of hydrogen-bond donors (Lipinski definition) is 3. The number of nitrogens with zero attached hydrogens (tertiary/aromatic N) is 5. The summed E-state index contributed by atoms with van der Waals surface area (Å²) in [7, 11) is -3.31. The first-order valence-corrected chi connectivity index (χ1v) is 15.3. The fourth-order valence-corrected chi connectivity index (χ4v) is 6.76. The number of primary amides is 1. The highest BCUT2D eigenvalue weighted by Crippen LogP contribution is 2.38. The Morgan fingerprint density at radius 1 is 1.15 bits per heavy atom. The smallest absolute Gasteiger partial charge is 0.225 e. The van der Waals surface area contributed by atoms with Gasteiger partial charge in [-0.1, -0.05) is 23.2 Å². The summed E-state index contributed by atoms with van der Waals surface area (Å²) >= 11 is 12.2. The molecule has 3 heterocycles. The Bertz CT molecular complexity index is 1490. The highest BCUT2D eigenvalue weighted by molar-refractivity contribution is 7.88. The molecule has 2 fully saturated rings. The zero-order valence-corrected chi connectivity index (χ0v) is 23.5. The van der Waals surface area contributed by atoms with Crippen LogP contribution in [0.4, 0.5) is 22.0 Å². The number of hydrogen-bond acceptors (Lipinski definition) is 8. The number of anilines is 3. The van der Waals surface area contributed by atoms with Crippen molar-refractivity contribution in [2.24, 2.45) is 11.7 Å². The van der Waals surface area contributed by atoms with Crippen LogP contribution in [-0.4, -0.2) is 63.5 Å². The van der Waals surface area contributed by atoms with E-state index < -0.39 is 15.8 Å². The molecule has 0 bridgehead atoms. The normalized spacial score (nSPS) is 22.6. The van der Waals surface area contributed by atoms with Crippen LogP contribution in [0.15, 0.2) is 18.3 Å². The lowest BCUT2D eigenvalue weighted by Gasteiger charge is -2.31. The topological polar surface area (TPSA) is 148 Å². The Morgan fingerprint density at radius 3 is 2.56 bits per heavy atom. The summed E-state index contributed by atoms with van der Waals surface area (Å²) in [5.41, 5.74) is 6.55. The van der Waals surface area contributed by atoms with Crippen LogP contribution in [-0.2, 0) is 14.8 Å². The van der Waals surface area contributed by atoms with Gasteiger partial charge in [0, 0.05) is 36.1 Å². The number of halogens is 3. The maximum Gasteiger partial charge on any atom is 0.225 e. The lowest BCUT2D eigenvalue weighted by Crippen LogP contribution is -2.44. The second-order valence-electron chi connectivity index (χ2n) is 10.1. The van der Waals surface area contributed by atoms with E-state index in [4.69, 9.17) is 33.9 Å². The lowest BCUT2D eigenvalue weighted by atomic mass is 9.85. The third-order valence-corrected chi connectivity index (χ3v) is 9.11. The highest BCUT2D eigenvalue weighted by Gasteiger charge is 2.30. The van der Waals surface area contributed by atoms with Gasteiger partial charge in [-0.25, -0.2) is 27.1 Å². The molecule has 5 rings (SSSR count). The van der Waals surface area contributed by atoms with Crippen molar-refractivity contribution in [3.05, 3.63) is 34.2 Å². The van der Waals surface area contributed by atoms with E-state index in [9.17, 15) is 17.6 Å². The van der Waals surface area contributed by atoms with Crippen LogP contribution >= 0.6 is 23.2 Å². The van der Waals surface area contributed by atoms with Gasteiger partial charge in [0.2, 0.25) is 27.8 Å². The summed E-state index contributed by atoms with van der Waals surface area (Å²) in [6.45, 7) is 0.800. The number of benzene rings is 1. The van der Waals surface area contributed by atoms with Crippen molar-refractivity contribution in [1.29, 1.82) is 0 Å². The second-order valence-corrected chi connectivity index (χ2v) is 12.9. The molecule has 15 heteroatoms. The first-order valence-electron chi connectivity index (χ1n) is 12.7. The summed E-state index contributed by atoms with van der Waals surface area (Å²) in [5.74, 6) is -0.502. The zero-order valence-electron chi connectivity index (χ0n) is 21.2. The molecule has 39 heavy (non-hydrogen) atoms. The highest BCUT2D eigenvalue weighted by atomic mass is 35.5. The minimum absolute atomic E-state index is 0.0258. The van der Waals surface area contributed by atoms with E-state index >= 15 is 0 Å². The van der Waals surface area contributed by atoms with Gasteiger partial charge < -0.3 is 16.4 Å². The molecule has 1 aliphatic heterocycles. The van der Waals surface area contributed by atoms with Crippen molar-refractivity contribution in [3.63, 3.8) is 0 Å². The molecule has 1 atom stereocenters. The number of sulfonamides is 1. The zero-order chi connectivity index (χ0) is 27.9. The summed E-state index contributed by atoms with van der Waals surface area (Å²) in [6.07, 6.45) is 6.75. The number of piperidine rings is 1. The fourth-order valence-electron chi connectivity index (χ4n) is 5.33. The minimum atomic E-state index is -3.31. The van der Waals surface area contributed by atoms with Crippen molar-refractivity contribution >= 4 is 67.9 Å². The molecule has 0 radical (unpaired) electrons. The molecule has 3 aromatic rings. The average molecular weight is 600 g/mol. The maximum atomic E-state index is 14.8. The van der Waals surface area contributed by atoms with E-state index in [1.165, 1.54) is 16.6 Å². The van der Waals surface area contributed by atoms with E-state index in [1.54, 1.807) is 6.20 Å². The van der Waals surface area contributed by atoms with Crippen molar-refractivity contribution < 1.29 is 17.6 Å². The molecule has 0 unspecified atom stereocenters. The Kier molecular flexibility index (Phi) is 7.86. The van der Waals surface area contributed by atoms with Gasteiger partial charge in [-0.05, 0) is 50.7 Å². The molecule has 210 valence electrons. The van der Waals surface area contributed by atoms with Gasteiger partial charge >= 0.3 is 0 Å². The third kappa shape index (κ3) is 6.06. The predicted molar refractivity (Wildman–Crippen MR) is 148 cm³/mol. The Labute approximate surface area is 235 Å². The molecule has 1 amide bonds. The van der Waals surface area contributed by atoms with Gasteiger partial charge in [0.05, 0.1) is 23.2 Å². The number of carbonyl (C=O) groups excluding carboxylic acids is 1. The number of nitrogens with one attached hydrogen (secondary N) is 2. The first kappa shape index (κ1) is 27.8. The molecule has 2 aromatic heterocycles. The molecular formula is C24H29Cl2FN8O3S. The molecular weight excluding hydrogens is 570 g/mol. The number of fused-ring (bicyclic) bond motifs is 1. The Balaban J connectivity index is 1.50. The van der Waals surface area contributed by atoms with E-state index in [1.807, 2.05) is 4.57 Å². The Hall–Kier alpha value is -2.74. The SMILES string of the molecule is CS(=O)(=O)N1CCC[C@@H](Nc2ncc3nc(Nc4c(F)cc(Cl)cc4Cl)n([C@H]4CC[C@H](C(N)=O)CC4)c3n2)C1. The van der Waals surface area contributed by atoms with Gasteiger partial charge in [-0.15, -0.1) is 0 Å². The number of aromatic nitrogens is 4. The van der Waals surface area contributed by atoms with Crippen LogP contribution in [0.5, 0.6) is 0 Å². The van der Waals surface area contributed by atoms with Crippen molar-refractivity contribution in [3.8, 4) is 0 Å². The van der Waals surface area contributed by atoms with Crippen LogP contribution < -0.4 is 16.4 Å². The molecule has 11 nitrogen and oxygen atoms in total. The fraction of sp³-hybridized carbons (Fsp3) is 0.500. The number of carbonyl (C=O) groups is 1. The molecule has 2 aliphatic rings. The minimum Gasteiger partial charge on any atom is -0.369 e. The summed E-state index contributed by atoms with van der Waals surface area (Å²) < 4.78 is 42.2. The van der Waals surface area contributed by atoms with Gasteiger partial charge in [0.25, 0.3) is 0 Å². The van der Waals surface area contributed by atoms with Gasteiger partial charge in [0.1, 0.15) is 11.3 Å². The first-order chi connectivity index (χ1) is 18.5. The maximum absolute atomic E-state index is 14.8. The standard InChI is InChI=1S/C24H29Cl2FN8O3S/c1-39(37,38)34-8-2-3-15(12-34)30-23-29-11-19-22(33-23)35(16-6-4-13(5-7-16)21(28)36)24(31-19)32-20-17(26)9-14(25)10-18(20)27/h9-11,13,15-16H,2-8,12H2,1H3,(H2,28,36)(H,31,32)(H,29,30,33)/t13-,15-,16-/m1/s1. The predicted octanol–water partition coefficient (Wildman–Crippen LogP) is 4.07. The third-order valence-electron chi connectivity index (χ3n) is 7.33. The number of imidazole rings is 1. The number of rotatable bonds is 7. The summed E-state index contributed by atoms with van der Waals surface area (Å²) in [5, 5.41) is 6.54. The van der Waals surface area contributed by atoms with Gasteiger partial charge in [-0.3, -0.25) is 9.36 Å². The summed E-state index contributed by atoms with van der Waals surface area (Å²) in [4.78, 5) is 25.5. The molecule has 0 spiro atoms. The number of amides is 1. The van der Waals surface area contributed by atoms with Crippen LogP contribution in [0, 0.1) is 11.7 Å². The van der Waals surface area contributed by atoms with Crippen molar-refractivity contribution in [2.45, 2.75) is 50.6 Å². The molecule has 1 saturated carbocycles. The monoisotopic (exact) mass is 598 g/mol. The summed E-state index contributed by atoms with van der Waals surface area (Å²) in [6, 6.07) is 2.34.